The number of aromatic nitrogens is 1. The van der Waals surface area contributed by atoms with Crippen molar-refractivity contribution in [3.8, 4) is 5.88 Å². The lowest BCUT2D eigenvalue weighted by Gasteiger charge is -2.14. The van der Waals surface area contributed by atoms with Gasteiger partial charge < -0.3 is 10.1 Å². The summed E-state index contributed by atoms with van der Waals surface area (Å²) in [5, 5.41) is 3.48. The molecule has 0 aliphatic heterocycles. The molecule has 1 aliphatic carbocycles. The molecule has 0 radical (unpaired) electrons. The lowest BCUT2D eigenvalue weighted by atomic mass is 10.1. The summed E-state index contributed by atoms with van der Waals surface area (Å²) in [4.78, 5) is 4.09. The monoisotopic (exact) mass is 272 g/mol. The van der Waals surface area contributed by atoms with Crippen molar-refractivity contribution in [2.24, 2.45) is 0 Å². The molecular formula is C16H17FN2O. The zero-order chi connectivity index (χ0) is 13.9. The van der Waals surface area contributed by atoms with E-state index in [-0.39, 0.29) is 11.9 Å². The third-order valence-corrected chi connectivity index (χ3v) is 3.75. The summed E-state index contributed by atoms with van der Waals surface area (Å²) in [6.45, 7) is 0.722. The predicted octanol–water partition coefficient (Wildman–Crippen LogP) is 3.01. The molecule has 0 bridgehead atoms. The summed E-state index contributed by atoms with van der Waals surface area (Å²) < 4.78 is 18.5. The second kappa shape index (κ2) is 5.59. The fourth-order valence-corrected chi connectivity index (χ4v) is 2.70. The van der Waals surface area contributed by atoms with Gasteiger partial charge in [0.2, 0.25) is 5.88 Å². The summed E-state index contributed by atoms with van der Waals surface area (Å²) in [6.07, 6.45) is 3.76. The minimum Gasteiger partial charge on any atom is -0.481 e. The van der Waals surface area contributed by atoms with Gasteiger partial charge in [-0.2, -0.15) is 0 Å². The van der Waals surface area contributed by atoms with E-state index in [1.54, 1.807) is 19.4 Å². The van der Waals surface area contributed by atoms with E-state index in [0.29, 0.717) is 5.88 Å². The molecule has 1 atom stereocenters. The molecule has 20 heavy (non-hydrogen) atoms. The van der Waals surface area contributed by atoms with Gasteiger partial charge in [0.05, 0.1) is 7.11 Å². The molecule has 0 fully saturated rings. The molecule has 4 heteroatoms. The summed E-state index contributed by atoms with van der Waals surface area (Å²) in [5.41, 5.74) is 3.45. The SMILES string of the molecule is COc1cc(CNC2CCc3ccc(F)cc32)ccn1. The number of halogens is 1. The van der Waals surface area contributed by atoms with Gasteiger partial charge in [-0.25, -0.2) is 9.37 Å². The van der Waals surface area contributed by atoms with E-state index in [9.17, 15) is 4.39 Å². The number of aryl methyl sites for hydroxylation is 1. The summed E-state index contributed by atoms with van der Waals surface area (Å²) in [6, 6.07) is 9.16. The first-order valence-corrected chi connectivity index (χ1v) is 6.77. The Balaban J connectivity index is 1.70. The van der Waals surface area contributed by atoms with E-state index in [1.807, 2.05) is 18.2 Å². The molecule has 1 unspecified atom stereocenters. The quantitative estimate of drug-likeness (QED) is 0.929. The topological polar surface area (TPSA) is 34.1 Å². The molecule has 3 rings (SSSR count). The minimum absolute atomic E-state index is 0.164. The molecule has 1 N–H and O–H groups in total. The average molecular weight is 272 g/mol. The molecule has 0 spiro atoms. The van der Waals surface area contributed by atoms with Crippen LogP contribution in [0.1, 0.15) is 29.2 Å². The van der Waals surface area contributed by atoms with Crippen molar-refractivity contribution in [2.75, 3.05) is 7.11 Å². The van der Waals surface area contributed by atoms with Gasteiger partial charge >= 0.3 is 0 Å². The zero-order valence-electron chi connectivity index (χ0n) is 11.4. The molecule has 0 saturated carbocycles. The maximum atomic E-state index is 13.3. The van der Waals surface area contributed by atoms with Crippen LogP contribution in [0, 0.1) is 5.82 Å². The molecular weight excluding hydrogens is 255 g/mol. The van der Waals surface area contributed by atoms with Gasteiger partial charge in [-0.15, -0.1) is 0 Å². The third kappa shape index (κ3) is 2.65. The van der Waals surface area contributed by atoms with Crippen LogP contribution in [0.25, 0.3) is 0 Å². The molecule has 104 valence electrons. The van der Waals surface area contributed by atoms with Crippen molar-refractivity contribution in [3.63, 3.8) is 0 Å². The molecule has 0 amide bonds. The highest BCUT2D eigenvalue weighted by atomic mass is 19.1. The maximum Gasteiger partial charge on any atom is 0.213 e. The molecule has 0 saturated heterocycles. The van der Waals surface area contributed by atoms with Crippen LogP contribution in [0.2, 0.25) is 0 Å². The number of hydrogen-bond acceptors (Lipinski definition) is 3. The number of rotatable bonds is 4. The summed E-state index contributed by atoms with van der Waals surface area (Å²) >= 11 is 0. The van der Waals surface area contributed by atoms with Crippen LogP contribution < -0.4 is 10.1 Å². The molecule has 1 heterocycles. The maximum absolute atomic E-state index is 13.3. The van der Waals surface area contributed by atoms with Gasteiger partial charge in [0.1, 0.15) is 5.82 Å². The van der Waals surface area contributed by atoms with Crippen molar-refractivity contribution in [2.45, 2.75) is 25.4 Å². The minimum atomic E-state index is -0.164. The Morgan fingerprint density at radius 3 is 3.10 bits per heavy atom. The van der Waals surface area contributed by atoms with Crippen molar-refractivity contribution in [1.82, 2.24) is 10.3 Å². The van der Waals surface area contributed by atoms with Crippen LogP contribution >= 0.6 is 0 Å². The van der Waals surface area contributed by atoms with Crippen molar-refractivity contribution < 1.29 is 9.13 Å². The normalized spacial score (nSPS) is 17.0. The first-order valence-electron chi connectivity index (χ1n) is 6.77. The first kappa shape index (κ1) is 13.1. The summed E-state index contributed by atoms with van der Waals surface area (Å²) in [7, 11) is 1.61. The fraction of sp³-hybridized carbons (Fsp3) is 0.312. The zero-order valence-corrected chi connectivity index (χ0v) is 11.4. The van der Waals surface area contributed by atoms with Gasteiger partial charge in [-0.1, -0.05) is 6.07 Å². The van der Waals surface area contributed by atoms with E-state index < -0.39 is 0 Å². The largest absolute Gasteiger partial charge is 0.481 e. The van der Waals surface area contributed by atoms with Crippen molar-refractivity contribution in [3.05, 3.63) is 59.0 Å². The number of ether oxygens (including phenoxy) is 1. The van der Waals surface area contributed by atoms with Gasteiger partial charge in [0, 0.05) is 24.8 Å². The summed E-state index contributed by atoms with van der Waals surface area (Å²) in [5.74, 6) is 0.449. The van der Waals surface area contributed by atoms with E-state index in [1.165, 1.54) is 11.6 Å². The number of methoxy groups -OCH3 is 1. The lowest BCUT2D eigenvalue weighted by Crippen LogP contribution is -2.18. The van der Waals surface area contributed by atoms with Crippen LogP contribution in [0.3, 0.4) is 0 Å². The van der Waals surface area contributed by atoms with Crippen molar-refractivity contribution in [1.29, 1.82) is 0 Å². The van der Waals surface area contributed by atoms with Gasteiger partial charge in [0.15, 0.2) is 0 Å². The number of pyridine rings is 1. The molecule has 1 aromatic carbocycles. The Hall–Kier alpha value is -1.94. The Bertz CT molecular complexity index is 615. The van der Waals surface area contributed by atoms with Crippen LogP contribution in [0.15, 0.2) is 36.5 Å². The molecule has 1 aromatic heterocycles. The second-order valence-electron chi connectivity index (χ2n) is 5.02. The second-order valence-corrected chi connectivity index (χ2v) is 5.02. The molecule has 1 aliphatic rings. The number of nitrogens with one attached hydrogen (secondary N) is 1. The average Bonchev–Trinajstić information content (AvgIpc) is 2.87. The fourth-order valence-electron chi connectivity index (χ4n) is 2.70. The Kier molecular flexibility index (Phi) is 3.65. The number of nitrogens with zero attached hydrogens (tertiary/aromatic N) is 1. The van der Waals surface area contributed by atoms with E-state index in [4.69, 9.17) is 4.74 Å². The first-order chi connectivity index (χ1) is 9.76. The van der Waals surface area contributed by atoms with Crippen LogP contribution in [-0.2, 0) is 13.0 Å². The van der Waals surface area contributed by atoms with Crippen LogP contribution in [-0.4, -0.2) is 12.1 Å². The van der Waals surface area contributed by atoms with Crippen LogP contribution in [0.4, 0.5) is 4.39 Å². The molecule has 3 nitrogen and oxygen atoms in total. The third-order valence-electron chi connectivity index (χ3n) is 3.75. The Labute approximate surface area is 117 Å². The number of fused-ring (bicyclic) bond motifs is 1. The van der Waals surface area contributed by atoms with E-state index in [2.05, 4.69) is 10.3 Å². The van der Waals surface area contributed by atoms with E-state index >= 15 is 0 Å². The number of benzene rings is 1. The highest BCUT2D eigenvalue weighted by Gasteiger charge is 2.22. The Morgan fingerprint density at radius 1 is 1.35 bits per heavy atom. The predicted molar refractivity (Wildman–Crippen MR) is 75.1 cm³/mol. The lowest BCUT2D eigenvalue weighted by molar-refractivity contribution is 0.396. The Morgan fingerprint density at radius 2 is 2.25 bits per heavy atom. The highest BCUT2D eigenvalue weighted by molar-refractivity contribution is 5.35. The van der Waals surface area contributed by atoms with Gasteiger partial charge in [-0.3, -0.25) is 0 Å². The smallest absolute Gasteiger partial charge is 0.213 e. The van der Waals surface area contributed by atoms with Crippen molar-refractivity contribution >= 4 is 0 Å². The van der Waals surface area contributed by atoms with Crippen LogP contribution in [0.5, 0.6) is 5.88 Å². The number of hydrogen-bond donors (Lipinski definition) is 1. The molecule has 2 aromatic rings. The van der Waals surface area contributed by atoms with Gasteiger partial charge in [0.25, 0.3) is 0 Å². The highest BCUT2D eigenvalue weighted by Crippen LogP contribution is 2.31. The van der Waals surface area contributed by atoms with E-state index in [0.717, 1.165) is 30.5 Å². The standard InChI is InChI=1S/C16H17FN2O/c1-20-16-8-11(6-7-18-16)10-19-15-5-3-12-2-4-13(17)9-14(12)15/h2,4,6-9,15,19H,3,5,10H2,1H3. The van der Waals surface area contributed by atoms with Gasteiger partial charge in [-0.05, 0) is 47.7 Å².